The standard InChI is InChI=1S/C19H21N3.2ClH.H2O/c1-2-5-16(6-3-1)15-21-11-13-22(14-12-21)19-8-4-7-18-17(19)9-10-20-18;;;/h1-10,20H,11-15H2;2*1H;1H2. The molecule has 1 saturated heterocycles. The van der Waals surface area contributed by atoms with Gasteiger partial charge in [0.25, 0.3) is 0 Å². The zero-order chi connectivity index (χ0) is 14.8. The van der Waals surface area contributed by atoms with Crippen molar-refractivity contribution in [2.24, 2.45) is 0 Å². The summed E-state index contributed by atoms with van der Waals surface area (Å²) < 4.78 is 0. The topological polar surface area (TPSA) is 53.8 Å². The molecule has 0 aliphatic carbocycles. The van der Waals surface area contributed by atoms with E-state index >= 15 is 0 Å². The van der Waals surface area contributed by atoms with Crippen molar-refractivity contribution in [3.8, 4) is 0 Å². The van der Waals surface area contributed by atoms with Gasteiger partial charge in [0.15, 0.2) is 0 Å². The summed E-state index contributed by atoms with van der Waals surface area (Å²) >= 11 is 0. The number of anilines is 1. The molecule has 4 nitrogen and oxygen atoms in total. The summed E-state index contributed by atoms with van der Waals surface area (Å²) in [5, 5.41) is 1.33. The second-order valence-corrected chi connectivity index (χ2v) is 5.96. The number of halogens is 2. The Morgan fingerprint density at radius 2 is 1.52 bits per heavy atom. The van der Waals surface area contributed by atoms with E-state index in [0.29, 0.717) is 0 Å². The van der Waals surface area contributed by atoms with Crippen molar-refractivity contribution < 1.29 is 5.48 Å². The van der Waals surface area contributed by atoms with Gasteiger partial charge in [0.05, 0.1) is 0 Å². The van der Waals surface area contributed by atoms with Crippen LogP contribution in [0.25, 0.3) is 10.9 Å². The van der Waals surface area contributed by atoms with Crippen molar-refractivity contribution in [3.63, 3.8) is 0 Å². The predicted octanol–water partition coefficient (Wildman–Crippen LogP) is 3.51. The molecule has 4 rings (SSSR count). The van der Waals surface area contributed by atoms with E-state index in [0.717, 1.165) is 32.7 Å². The smallest absolute Gasteiger partial charge is 0.0474 e. The van der Waals surface area contributed by atoms with Gasteiger partial charge in [-0.3, -0.25) is 4.90 Å². The molecule has 0 amide bonds. The second kappa shape index (κ2) is 9.68. The second-order valence-electron chi connectivity index (χ2n) is 5.96. The van der Waals surface area contributed by atoms with E-state index in [1.165, 1.54) is 22.2 Å². The molecule has 0 bridgehead atoms. The first-order valence-corrected chi connectivity index (χ1v) is 7.97. The van der Waals surface area contributed by atoms with Crippen molar-refractivity contribution >= 4 is 41.4 Å². The molecule has 136 valence electrons. The highest BCUT2D eigenvalue weighted by Crippen LogP contribution is 2.27. The van der Waals surface area contributed by atoms with Gasteiger partial charge in [0.1, 0.15) is 0 Å². The van der Waals surface area contributed by atoms with E-state index in [-0.39, 0.29) is 30.3 Å². The Morgan fingerprint density at radius 1 is 0.800 bits per heavy atom. The molecule has 3 aromatic rings. The number of aromatic amines is 1. The molecule has 0 saturated carbocycles. The lowest BCUT2D eigenvalue weighted by Crippen LogP contribution is -2.46. The SMILES string of the molecule is Cl.Cl.O.c1ccc(CN2CCN(c3cccc4[nH]ccc34)CC2)cc1. The van der Waals surface area contributed by atoms with Crippen LogP contribution in [-0.2, 0) is 6.54 Å². The van der Waals surface area contributed by atoms with Gasteiger partial charge in [0, 0.05) is 55.5 Å². The minimum Gasteiger partial charge on any atom is -0.412 e. The van der Waals surface area contributed by atoms with E-state index in [9.17, 15) is 0 Å². The highest BCUT2D eigenvalue weighted by atomic mass is 35.5. The molecule has 6 heteroatoms. The largest absolute Gasteiger partial charge is 0.412 e. The number of piperazine rings is 1. The molecule has 0 unspecified atom stereocenters. The number of aromatic nitrogens is 1. The van der Waals surface area contributed by atoms with Crippen molar-refractivity contribution in [1.82, 2.24) is 9.88 Å². The van der Waals surface area contributed by atoms with Crippen LogP contribution in [0.4, 0.5) is 5.69 Å². The van der Waals surface area contributed by atoms with Gasteiger partial charge >= 0.3 is 0 Å². The van der Waals surface area contributed by atoms with Gasteiger partial charge in [-0.05, 0) is 23.8 Å². The van der Waals surface area contributed by atoms with Gasteiger partial charge in [-0.15, -0.1) is 24.8 Å². The highest BCUT2D eigenvalue weighted by molar-refractivity contribution is 5.92. The summed E-state index contributed by atoms with van der Waals surface area (Å²) in [5.41, 5.74) is 3.99. The molecule has 0 radical (unpaired) electrons. The van der Waals surface area contributed by atoms with Crippen LogP contribution in [0.3, 0.4) is 0 Å². The fourth-order valence-electron chi connectivity index (χ4n) is 3.33. The summed E-state index contributed by atoms with van der Waals surface area (Å²) in [6.07, 6.45) is 2.03. The van der Waals surface area contributed by atoms with Gasteiger partial charge in [-0.25, -0.2) is 0 Å². The zero-order valence-electron chi connectivity index (χ0n) is 14.0. The summed E-state index contributed by atoms with van der Waals surface area (Å²) in [4.78, 5) is 8.36. The maximum atomic E-state index is 3.30. The molecule has 1 aliphatic heterocycles. The fourth-order valence-corrected chi connectivity index (χ4v) is 3.33. The third kappa shape index (κ3) is 4.67. The molecule has 1 aliphatic rings. The lowest BCUT2D eigenvalue weighted by molar-refractivity contribution is 0.250. The van der Waals surface area contributed by atoms with E-state index in [2.05, 4.69) is 69.4 Å². The number of H-pyrrole nitrogens is 1. The number of hydrogen-bond donors (Lipinski definition) is 1. The van der Waals surface area contributed by atoms with Crippen molar-refractivity contribution in [1.29, 1.82) is 0 Å². The Labute approximate surface area is 161 Å². The van der Waals surface area contributed by atoms with Crippen LogP contribution in [0.5, 0.6) is 0 Å². The summed E-state index contributed by atoms with van der Waals surface area (Å²) in [7, 11) is 0. The van der Waals surface area contributed by atoms with Crippen LogP contribution >= 0.6 is 24.8 Å². The molecule has 3 N–H and O–H groups in total. The molecule has 2 aromatic carbocycles. The van der Waals surface area contributed by atoms with Gasteiger partial charge in [-0.1, -0.05) is 36.4 Å². The van der Waals surface area contributed by atoms with E-state index < -0.39 is 0 Å². The first kappa shape index (κ1) is 21.3. The lowest BCUT2D eigenvalue weighted by atomic mass is 10.1. The summed E-state index contributed by atoms with van der Waals surface area (Å²) in [6.45, 7) is 5.49. The van der Waals surface area contributed by atoms with Crippen LogP contribution in [0.2, 0.25) is 0 Å². The number of rotatable bonds is 3. The van der Waals surface area contributed by atoms with Gasteiger partial charge < -0.3 is 15.4 Å². The zero-order valence-corrected chi connectivity index (χ0v) is 15.7. The average molecular weight is 382 g/mol. The van der Waals surface area contributed by atoms with Gasteiger partial charge in [0.2, 0.25) is 0 Å². The minimum absolute atomic E-state index is 0. The fraction of sp³-hybridized carbons (Fsp3) is 0.263. The number of hydrogen-bond acceptors (Lipinski definition) is 2. The Morgan fingerprint density at radius 3 is 2.24 bits per heavy atom. The van der Waals surface area contributed by atoms with Crippen LogP contribution < -0.4 is 4.90 Å². The van der Waals surface area contributed by atoms with Crippen LogP contribution in [0, 0.1) is 0 Å². The number of nitrogens with one attached hydrogen (secondary N) is 1. The number of fused-ring (bicyclic) bond motifs is 1. The summed E-state index contributed by atoms with van der Waals surface area (Å²) in [6, 6.07) is 19.5. The molecule has 2 heterocycles. The first-order chi connectivity index (χ1) is 10.9. The molecular weight excluding hydrogens is 357 g/mol. The maximum absolute atomic E-state index is 3.30. The normalized spacial score (nSPS) is 14.3. The van der Waals surface area contributed by atoms with Gasteiger partial charge in [-0.2, -0.15) is 0 Å². The van der Waals surface area contributed by atoms with Crippen LogP contribution in [0.15, 0.2) is 60.8 Å². The number of benzene rings is 2. The molecule has 1 fully saturated rings. The van der Waals surface area contributed by atoms with Crippen LogP contribution in [0.1, 0.15) is 5.56 Å². The third-order valence-corrected chi connectivity index (χ3v) is 4.53. The predicted molar refractivity (Wildman–Crippen MR) is 110 cm³/mol. The van der Waals surface area contributed by atoms with E-state index in [1.54, 1.807) is 0 Å². The Bertz CT molecular complexity index is 755. The summed E-state index contributed by atoms with van der Waals surface area (Å²) in [5.74, 6) is 0. The van der Waals surface area contributed by atoms with E-state index in [4.69, 9.17) is 0 Å². The lowest BCUT2D eigenvalue weighted by Gasteiger charge is -2.36. The molecule has 0 spiro atoms. The van der Waals surface area contributed by atoms with Crippen molar-refractivity contribution in [2.45, 2.75) is 6.54 Å². The minimum atomic E-state index is 0. The maximum Gasteiger partial charge on any atom is 0.0474 e. The monoisotopic (exact) mass is 381 g/mol. The average Bonchev–Trinajstić information content (AvgIpc) is 3.05. The molecule has 0 atom stereocenters. The Hall–Kier alpha value is -1.72. The molecule has 1 aromatic heterocycles. The quantitative estimate of drug-likeness (QED) is 0.754. The highest BCUT2D eigenvalue weighted by Gasteiger charge is 2.18. The Balaban J connectivity index is 0.00000104. The van der Waals surface area contributed by atoms with Crippen molar-refractivity contribution in [3.05, 3.63) is 66.4 Å². The van der Waals surface area contributed by atoms with Crippen molar-refractivity contribution in [2.75, 3.05) is 31.1 Å². The Kier molecular flexibility index (Phi) is 8.26. The molecule has 25 heavy (non-hydrogen) atoms. The first-order valence-electron chi connectivity index (χ1n) is 7.97. The molecular formula is C19H25Cl2N3O. The van der Waals surface area contributed by atoms with Crippen LogP contribution in [-0.4, -0.2) is 41.5 Å². The number of nitrogens with zero attached hydrogens (tertiary/aromatic N) is 2. The van der Waals surface area contributed by atoms with E-state index in [1.807, 2.05) is 6.20 Å². The third-order valence-electron chi connectivity index (χ3n) is 4.53.